The molecule has 0 saturated heterocycles. The Morgan fingerprint density at radius 1 is 1.00 bits per heavy atom. The molecule has 0 radical (unpaired) electrons. The number of hydrogen-bond donors (Lipinski definition) is 1. The molecule has 4 atom stereocenters. The summed E-state index contributed by atoms with van der Waals surface area (Å²) in [6.07, 6.45) is 7.33. The van der Waals surface area contributed by atoms with Gasteiger partial charge in [-0.2, -0.15) is 0 Å². The Kier molecular flexibility index (Phi) is 4.73. The maximum absolute atomic E-state index is 4.05. The summed E-state index contributed by atoms with van der Waals surface area (Å²) in [5, 5.41) is 0. The van der Waals surface area contributed by atoms with Crippen LogP contribution in [-0.2, 0) is 0 Å². The average Bonchev–Trinajstić information content (AvgIpc) is 2.65. The van der Waals surface area contributed by atoms with Gasteiger partial charge in [0.15, 0.2) is 0 Å². The highest BCUT2D eigenvalue weighted by Crippen LogP contribution is 2.53. The molecule has 0 aromatic heterocycles. The second kappa shape index (κ2) is 5.73. The molecule has 0 aliphatic heterocycles. The van der Waals surface area contributed by atoms with Gasteiger partial charge in [-0.05, 0) is 65.1 Å². The van der Waals surface area contributed by atoms with Crippen molar-refractivity contribution in [2.24, 2.45) is 11.8 Å². The van der Waals surface area contributed by atoms with Crippen molar-refractivity contribution < 1.29 is 0 Å². The Morgan fingerprint density at radius 3 is 2.05 bits per heavy atom. The van der Waals surface area contributed by atoms with E-state index in [1.807, 2.05) is 0 Å². The molecule has 2 aliphatic rings. The minimum atomic E-state index is -1.38. The van der Waals surface area contributed by atoms with Crippen LogP contribution < -0.4 is 4.98 Å². The fourth-order valence-electron chi connectivity index (χ4n) is 5.26. The molecule has 4 unspecified atom stereocenters. The maximum Gasteiger partial charge on any atom is 0.123 e. The van der Waals surface area contributed by atoms with Gasteiger partial charge in [-0.15, -0.1) is 0 Å². The zero-order valence-corrected chi connectivity index (χ0v) is 15.8. The first-order valence-corrected chi connectivity index (χ1v) is 11.7. The van der Waals surface area contributed by atoms with E-state index in [0.29, 0.717) is 0 Å². The highest BCUT2D eigenvalue weighted by atomic mass is 28.3. The summed E-state index contributed by atoms with van der Waals surface area (Å²) in [4.78, 5) is 6.57. The van der Waals surface area contributed by atoms with Crippen molar-refractivity contribution in [2.75, 3.05) is 14.1 Å². The molecule has 0 bridgehead atoms. The summed E-state index contributed by atoms with van der Waals surface area (Å²) >= 11 is 0. The molecule has 0 amide bonds. The first-order valence-electron chi connectivity index (χ1n) is 8.57. The summed E-state index contributed by atoms with van der Waals surface area (Å²) in [6.45, 7) is 12.1. The van der Waals surface area contributed by atoms with Crippen LogP contribution in [-0.4, -0.2) is 38.8 Å². The average molecular weight is 297 g/mol. The van der Waals surface area contributed by atoms with Crippen LogP contribution in [0.25, 0.3) is 0 Å². The molecule has 2 aliphatic carbocycles. The number of nitrogens with zero attached hydrogens (tertiary/aromatic N) is 1. The predicted molar refractivity (Wildman–Crippen MR) is 91.7 cm³/mol. The third-order valence-corrected chi connectivity index (χ3v) is 9.58. The fraction of sp³-hybridized carbons (Fsp3) is 1.00. The van der Waals surface area contributed by atoms with Crippen LogP contribution in [0.1, 0.15) is 52.9 Å². The van der Waals surface area contributed by atoms with Gasteiger partial charge < -0.3 is 9.88 Å². The van der Waals surface area contributed by atoms with E-state index in [1.165, 1.54) is 32.1 Å². The lowest BCUT2D eigenvalue weighted by molar-refractivity contribution is 0.172. The number of hydrogen-bond acceptors (Lipinski definition) is 2. The van der Waals surface area contributed by atoms with Crippen molar-refractivity contribution in [3.63, 3.8) is 0 Å². The summed E-state index contributed by atoms with van der Waals surface area (Å²) in [5.41, 5.74) is 1.22. The first kappa shape index (κ1) is 16.5. The molecule has 20 heavy (non-hydrogen) atoms. The van der Waals surface area contributed by atoms with Gasteiger partial charge >= 0.3 is 0 Å². The van der Waals surface area contributed by atoms with E-state index in [4.69, 9.17) is 0 Å². The zero-order chi connectivity index (χ0) is 15.1. The minimum Gasteiger partial charge on any atom is -0.332 e. The smallest absolute Gasteiger partial charge is 0.123 e. The minimum absolute atomic E-state index is 0.260. The molecule has 2 nitrogen and oxygen atoms in total. The summed E-state index contributed by atoms with van der Waals surface area (Å²) in [5.74, 6) is 1.96. The van der Waals surface area contributed by atoms with E-state index < -0.39 is 8.24 Å². The quantitative estimate of drug-likeness (QED) is 0.789. The van der Waals surface area contributed by atoms with Crippen LogP contribution in [0.3, 0.4) is 0 Å². The monoisotopic (exact) mass is 296 g/mol. The fourth-order valence-corrected chi connectivity index (χ4v) is 9.69. The van der Waals surface area contributed by atoms with Gasteiger partial charge in [0.25, 0.3) is 0 Å². The molecular formula is C17H36N2Si. The van der Waals surface area contributed by atoms with Gasteiger partial charge in [-0.25, -0.2) is 0 Å². The van der Waals surface area contributed by atoms with E-state index >= 15 is 0 Å². The van der Waals surface area contributed by atoms with Gasteiger partial charge in [0.1, 0.15) is 8.24 Å². The largest absolute Gasteiger partial charge is 0.332 e. The number of rotatable bonds is 3. The van der Waals surface area contributed by atoms with Gasteiger partial charge in [0.2, 0.25) is 0 Å². The van der Waals surface area contributed by atoms with Crippen LogP contribution in [0.5, 0.6) is 0 Å². The lowest BCUT2D eigenvalue weighted by Gasteiger charge is -2.42. The van der Waals surface area contributed by atoms with Crippen LogP contribution in [0.15, 0.2) is 0 Å². The molecule has 0 aromatic rings. The van der Waals surface area contributed by atoms with Crippen LogP contribution in [0, 0.1) is 11.8 Å². The third kappa shape index (κ3) is 3.48. The summed E-state index contributed by atoms with van der Waals surface area (Å²) in [6, 6.07) is 0.832. The Morgan fingerprint density at radius 2 is 1.55 bits per heavy atom. The van der Waals surface area contributed by atoms with E-state index in [0.717, 1.165) is 23.4 Å². The number of fused-ring (bicyclic) bond motifs is 1. The molecule has 0 heterocycles. The van der Waals surface area contributed by atoms with Crippen molar-refractivity contribution >= 4 is 8.24 Å². The van der Waals surface area contributed by atoms with Gasteiger partial charge in [-0.3, -0.25) is 0 Å². The maximum atomic E-state index is 4.05. The molecule has 2 saturated carbocycles. The Balaban J connectivity index is 2.18. The summed E-state index contributed by atoms with van der Waals surface area (Å²) in [7, 11) is 3.21. The molecule has 118 valence electrons. The molecule has 3 heteroatoms. The Hall–Kier alpha value is 0.137. The third-order valence-electron chi connectivity index (χ3n) is 5.67. The topological polar surface area (TPSA) is 15.3 Å². The number of nitrogens with one attached hydrogen (secondary N) is 1. The predicted octanol–water partition coefficient (Wildman–Crippen LogP) is 4.09. The van der Waals surface area contributed by atoms with E-state index in [2.05, 4.69) is 57.8 Å². The second-order valence-electron chi connectivity index (χ2n) is 9.08. The second-order valence-corrected chi connectivity index (χ2v) is 13.5. The Bertz CT molecular complexity index is 332. The van der Waals surface area contributed by atoms with Gasteiger partial charge in [-0.1, -0.05) is 32.4 Å². The van der Waals surface area contributed by atoms with E-state index in [-0.39, 0.29) is 5.54 Å². The zero-order valence-electron chi connectivity index (χ0n) is 14.8. The molecule has 0 spiro atoms. The standard InChI is InChI=1S/C17H36N2Si/c1-17(2,3)18-20(6,7)16-12-15(19(4)5)13-10-8-9-11-14(13)16/h13-16,18H,8-12H2,1-7H3. The molecule has 0 aromatic carbocycles. The van der Waals surface area contributed by atoms with E-state index in [1.54, 1.807) is 0 Å². The van der Waals surface area contributed by atoms with Crippen molar-refractivity contribution in [3.05, 3.63) is 0 Å². The van der Waals surface area contributed by atoms with Crippen LogP contribution in [0.4, 0.5) is 0 Å². The van der Waals surface area contributed by atoms with Crippen molar-refractivity contribution in [2.45, 2.75) is 83.1 Å². The molecular weight excluding hydrogens is 260 g/mol. The van der Waals surface area contributed by atoms with Crippen molar-refractivity contribution in [3.8, 4) is 0 Å². The van der Waals surface area contributed by atoms with Gasteiger partial charge in [0, 0.05) is 11.6 Å². The normalized spacial score (nSPS) is 35.4. The summed E-state index contributed by atoms with van der Waals surface area (Å²) < 4.78 is 0. The highest BCUT2D eigenvalue weighted by Gasteiger charge is 2.51. The van der Waals surface area contributed by atoms with Crippen LogP contribution in [0.2, 0.25) is 18.6 Å². The lowest BCUT2D eigenvalue weighted by Crippen LogP contribution is -2.58. The lowest BCUT2D eigenvalue weighted by atomic mass is 9.80. The molecule has 2 rings (SSSR count). The first-order chi connectivity index (χ1) is 9.12. The highest BCUT2D eigenvalue weighted by molar-refractivity contribution is 6.76. The Labute approximate surface area is 127 Å². The van der Waals surface area contributed by atoms with Crippen LogP contribution >= 0.6 is 0 Å². The molecule has 2 fully saturated rings. The molecule has 1 N–H and O–H groups in total. The SMILES string of the molecule is CN(C)C1CC([Si](C)(C)NC(C)(C)C)C2CCCCC21. The van der Waals surface area contributed by atoms with E-state index in [9.17, 15) is 0 Å². The van der Waals surface area contributed by atoms with Crippen molar-refractivity contribution in [1.82, 2.24) is 9.88 Å². The van der Waals surface area contributed by atoms with Crippen molar-refractivity contribution in [1.29, 1.82) is 0 Å². The van der Waals surface area contributed by atoms with Gasteiger partial charge in [0.05, 0.1) is 0 Å².